The molecule has 2 N–H and O–H groups in total. The lowest BCUT2D eigenvalue weighted by molar-refractivity contribution is 0.0429. The largest absolute Gasteiger partial charge is 0.443 e. The molecule has 0 atom stereocenters. The predicted molar refractivity (Wildman–Crippen MR) is 165 cm³/mol. The second-order valence-electron chi connectivity index (χ2n) is 11.6. The van der Waals surface area contributed by atoms with Crippen LogP contribution in [0.3, 0.4) is 0 Å². The highest BCUT2D eigenvalue weighted by Gasteiger charge is 2.35. The maximum absolute atomic E-state index is 12.8. The van der Waals surface area contributed by atoms with Crippen molar-refractivity contribution in [1.82, 2.24) is 9.97 Å². The van der Waals surface area contributed by atoms with Crippen LogP contribution in [0.1, 0.15) is 58.2 Å². The van der Waals surface area contributed by atoms with Crippen LogP contribution in [0.4, 0.5) is 21.2 Å². The van der Waals surface area contributed by atoms with Crippen molar-refractivity contribution in [1.29, 1.82) is 0 Å². The topological polar surface area (TPSA) is 108 Å². The molecule has 2 aromatic heterocycles. The number of pyridine rings is 2. The molecule has 40 heavy (non-hydrogen) atoms. The van der Waals surface area contributed by atoms with E-state index >= 15 is 0 Å². The number of fused-ring (bicyclic) bond motifs is 2. The van der Waals surface area contributed by atoms with E-state index in [1.165, 1.54) is 10.9 Å². The zero-order chi connectivity index (χ0) is 30.0. The Kier molecular flexibility index (Phi) is 9.09. The maximum atomic E-state index is 12.8. The number of nitrogens with zero attached hydrogens (tertiary/aromatic N) is 3. The van der Waals surface area contributed by atoms with E-state index in [-0.39, 0.29) is 5.82 Å². The third-order valence-electron chi connectivity index (χ3n) is 5.67. The molecule has 0 radical (unpaired) electrons. The van der Waals surface area contributed by atoms with Gasteiger partial charge in [0.15, 0.2) is 5.82 Å². The molecule has 8 nitrogen and oxygen atoms in total. The Morgan fingerprint density at radius 3 is 1.73 bits per heavy atom. The SMILES string of the molecule is Cc1ccc2cnc(N(C(=O)OC(C)(C)C)C(=O)OC(C)(C)C)c(Br)c2c1.Cc1ccc2cnc(N)c(C)c2c1. The molecular weight excluding hydrogens is 572 g/mol. The number of imide groups is 1. The first-order valence-corrected chi connectivity index (χ1v) is 13.7. The predicted octanol–water partition coefficient (Wildman–Crippen LogP) is 8.42. The average molecular weight is 610 g/mol. The summed E-state index contributed by atoms with van der Waals surface area (Å²) < 4.78 is 11.3. The van der Waals surface area contributed by atoms with Crippen molar-refractivity contribution in [3.8, 4) is 0 Å². The molecule has 2 heterocycles. The van der Waals surface area contributed by atoms with Gasteiger partial charge in [0.05, 0.1) is 4.47 Å². The van der Waals surface area contributed by atoms with Gasteiger partial charge in [-0.15, -0.1) is 0 Å². The van der Waals surface area contributed by atoms with E-state index in [4.69, 9.17) is 15.2 Å². The smallest absolute Gasteiger partial charge is 0.425 e. The molecular formula is C31H37BrN4O4. The Balaban J connectivity index is 0.000000281. The van der Waals surface area contributed by atoms with Gasteiger partial charge in [-0.2, -0.15) is 4.90 Å². The molecule has 0 aliphatic rings. The summed E-state index contributed by atoms with van der Waals surface area (Å²) in [6.07, 6.45) is 1.72. The van der Waals surface area contributed by atoms with E-state index in [0.717, 1.165) is 32.2 Å². The average Bonchev–Trinajstić information content (AvgIpc) is 2.82. The molecule has 0 spiro atoms. The second-order valence-corrected chi connectivity index (χ2v) is 12.4. The van der Waals surface area contributed by atoms with Gasteiger partial charge in [0.1, 0.15) is 17.0 Å². The van der Waals surface area contributed by atoms with Crippen LogP contribution in [-0.4, -0.2) is 33.4 Å². The Bertz CT molecular complexity index is 1540. The summed E-state index contributed by atoms with van der Waals surface area (Å²) in [5, 5.41) is 4.06. The molecule has 0 fully saturated rings. The summed E-state index contributed by atoms with van der Waals surface area (Å²) in [5.41, 5.74) is 7.53. The fourth-order valence-corrected chi connectivity index (χ4v) is 4.40. The minimum Gasteiger partial charge on any atom is -0.443 e. The molecule has 212 valence electrons. The summed E-state index contributed by atoms with van der Waals surface area (Å²) in [4.78, 5) is 34.8. The number of ether oxygens (including phenoxy) is 2. The number of hydrogen-bond acceptors (Lipinski definition) is 7. The fourth-order valence-electron chi connectivity index (χ4n) is 3.78. The van der Waals surface area contributed by atoms with Crippen molar-refractivity contribution >= 4 is 61.3 Å². The Morgan fingerprint density at radius 1 is 0.775 bits per heavy atom. The Morgan fingerprint density at radius 2 is 1.23 bits per heavy atom. The van der Waals surface area contributed by atoms with Crippen LogP contribution in [0.15, 0.2) is 53.3 Å². The number of amides is 2. The van der Waals surface area contributed by atoms with Gasteiger partial charge in [0, 0.05) is 28.6 Å². The number of carbonyl (C=O) groups excluding carboxylic acids is 2. The lowest BCUT2D eigenvalue weighted by atomic mass is 10.1. The number of anilines is 2. The van der Waals surface area contributed by atoms with E-state index in [1.54, 1.807) is 47.7 Å². The van der Waals surface area contributed by atoms with Gasteiger partial charge >= 0.3 is 12.2 Å². The van der Waals surface area contributed by atoms with Crippen LogP contribution in [0, 0.1) is 20.8 Å². The van der Waals surface area contributed by atoms with Gasteiger partial charge in [-0.3, -0.25) is 0 Å². The minimum absolute atomic E-state index is 0.122. The molecule has 0 saturated carbocycles. The van der Waals surface area contributed by atoms with E-state index < -0.39 is 23.4 Å². The molecule has 4 aromatic rings. The maximum Gasteiger partial charge on any atom is 0.425 e. The van der Waals surface area contributed by atoms with Crippen molar-refractivity contribution in [3.63, 3.8) is 0 Å². The summed E-state index contributed by atoms with van der Waals surface area (Å²) in [6.45, 7) is 16.4. The molecule has 2 amide bonds. The summed E-state index contributed by atoms with van der Waals surface area (Å²) in [7, 11) is 0. The number of rotatable bonds is 1. The molecule has 0 unspecified atom stereocenters. The number of hydrogen-bond donors (Lipinski definition) is 1. The minimum atomic E-state index is -0.850. The van der Waals surface area contributed by atoms with Gasteiger partial charge in [-0.05, 0) is 89.2 Å². The van der Waals surface area contributed by atoms with Gasteiger partial charge in [-0.25, -0.2) is 19.6 Å². The number of nitrogen functional groups attached to an aromatic ring is 1. The van der Waals surface area contributed by atoms with Gasteiger partial charge in [0.25, 0.3) is 0 Å². The summed E-state index contributed by atoms with van der Waals surface area (Å²) in [5.74, 6) is 0.745. The molecule has 0 saturated heterocycles. The standard InChI is InChI=1S/C20H25BrN2O4.C11H12N2/c1-12-8-9-13-11-22-16(15(21)14(13)10-12)23(17(24)26-19(2,3)4)18(25)27-20(5,6)7;1-7-3-4-9-6-13-11(12)8(2)10(9)5-7/h8-11H,1-7H3;3-6H,1-2H3,(H2,12,13). The lowest BCUT2D eigenvalue weighted by Gasteiger charge is -2.28. The number of benzene rings is 2. The van der Waals surface area contributed by atoms with Crippen molar-refractivity contribution in [2.75, 3.05) is 10.6 Å². The number of halogens is 1. The number of nitrogens with two attached hydrogens (primary N) is 1. The van der Waals surface area contributed by atoms with E-state index in [2.05, 4.69) is 51.0 Å². The van der Waals surface area contributed by atoms with E-state index in [9.17, 15) is 9.59 Å². The third-order valence-corrected chi connectivity index (χ3v) is 6.45. The first-order valence-electron chi connectivity index (χ1n) is 12.9. The quantitative estimate of drug-likeness (QED) is 0.231. The van der Waals surface area contributed by atoms with Crippen LogP contribution in [0.5, 0.6) is 0 Å². The van der Waals surface area contributed by atoms with E-state index in [0.29, 0.717) is 10.3 Å². The van der Waals surface area contributed by atoms with Gasteiger partial charge in [-0.1, -0.05) is 47.5 Å². The molecule has 0 aliphatic heterocycles. The van der Waals surface area contributed by atoms with Crippen LogP contribution < -0.4 is 10.6 Å². The van der Waals surface area contributed by atoms with Crippen LogP contribution in [0.25, 0.3) is 21.5 Å². The van der Waals surface area contributed by atoms with Crippen LogP contribution in [0.2, 0.25) is 0 Å². The second kappa shape index (κ2) is 11.8. The number of carbonyl (C=O) groups is 2. The monoisotopic (exact) mass is 608 g/mol. The number of aryl methyl sites for hydroxylation is 3. The Hall–Kier alpha value is -3.72. The van der Waals surface area contributed by atoms with Crippen molar-refractivity contribution in [2.24, 2.45) is 0 Å². The molecule has 9 heteroatoms. The third kappa shape index (κ3) is 7.69. The normalized spacial score (nSPS) is 11.6. The first kappa shape index (κ1) is 30.8. The zero-order valence-electron chi connectivity index (χ0n) is 24.5. The van der Waals surface area contributed by atoms with Crippen molar-refractivity contribution < 1.29 is 19.1 Å². The highest BCUT2D eigenvalue weighted by Crippen LogP contribution is 2.34. The summed E-state index contributed by atoms with van der Waals surface area (Å²) >= 11 is 3.49. The van der Waals surface area contributed by atoms with Gasteiger partial charge < -0.3 is 15.2 Å². The number of aromatic nitrogens is 2. The zero-order valence-corrected chi connectivity index (χ0v) is 26.1. The molecule has 4 rings (SSSR count). The molecule has 0 bridgehead atoms. The summed E-state index contributed by atoms with van der Waals surface area (Å²) in [6, 6.07) is 12.1. The van der Waals surface area contributed by atoms with Crippen molar-refractivity contribution in [2.45, 2.75) is 73.5 Å². The van der Waals surface area contributed by atoms with Crippen molar-refractivity contribution in [3.05, 3.63) is 70.0 Å². The highest BCUT2D eigenvalue weighted by atomic mass is 79.9. The lowest BCUT2D eigenvalue weighted by Crippen LogP contribution is -2.44. The first-order chi connectivity index (χ1) is 18.5. The highest BCUT2D eigenvalue weighted by molar-refractivity contribution is 9.10. The van der Waals surface area contributed by atoms with Gasteiger partial charge in [0.2, 0.25) is 0 Å². The molecule has 2 aromatic carbocycles. The Labute approximate surface area is 244 Å². The fraction of sp³-hybridized carbons (Fsp3) is 0.355. The van der Waals surface area contributed by atoms with Crippen LogP contribution >= 0.6 is 15.9 Å². The van der Waals surface area contributed by atoms with E-state index in [1.807, 2.05) is 38.2 Å². The van der Waals surface area contributed by atoms with Crippen LogP contribution in [-0.2, 0) is 9.47 Å². The molecule has 0 aliphatic carbocycles.